The van der Waals surface area contributed by atoms with Crippen LogP contribution in [-0.2, 0) is 12.7 Å². The zero-order valence-corrected chi connectivity index (χ0v) is 15.7. The van der Waals surface area contributed by atoms with Gasteiger partial charge in [-0.1, -0.05) is 0 Å². The summed E-state index contributed by atoms with van der Waals surface area (Å²) in [4.78, 5) is 34.0. The Morgan fingerprint density at radius 1 is 1.18 bits per heavy atom. The van der Waals surface area contributed by atoms with Crippen molar-refractivity contribution < 1.29 is 18.0 Å². The van der Waals surface area contributed by atoms with Gasteiger partial charge in [0.05, 0.1) is 11.9 Å². The van der Waals surface area contributed by atoms with E-state index in [1.807, 2.05) is 0 Å². The minimum Gasteiger partial charge on any atom is -0.339 e. The molecule has 0 radical (unpaired) electrons. The minimum absolute atomic E-state index is 0.0539. The van der Waals surface area contributed by atoms with Gasteiger partial charge in [-0.25, -0.2) is 4.98 Å². The molecule has 0 aromatic carbocycles. The Bertz CT molecular complexity index is 914. The summed E-state index contributed by atoms with van der Waals surface area (Å²) >= 11 is 0. The molecule has 3 rings (SSSR count). The summed E-state index contributed by atoms with van der Waals surface area (Å²) in [5.41, 5.74) is 0.412. The quantitative estimate of drug-likeness (QED) is 0.803. The monoisotopic (exact) mass is 394 g/mol. The van der Waals surface area contributed by atoms with Crippen molar-refractivity contribution in [3.63, 3.8) is 0 Å². The molecular formula is C19H21F3N4O2. The molecule has 28 heavy (non-hydrogen) atoms. The number of carbonyl (C=O) groups excluding carboxylic acids is 1. The van der Waals surface area contributed by atoms with Gasteiger partial charge in [0.2, 0.25) is 0 Å². The molecule has 1 fully saturated rings. The van der Waals surface area contributed by atoms with Crippen LogP contribution in [0.1, 0.15) is 40.2 Å². The molecule has 1 saturated heterocycles. The van der Waals surface area contributed by atoms with Crippen molar-refractivity contribution in [3.05, 3.63) is 57.5 Å². The Kier molecular flexibility index (Phi) is 5.53. The maximum atomic E-state index is 12.6. The van der Waals surface area contributed by atoms with Crippen molar-refractivity contribution >= 4 is 5.91 Å². The molecule has 3 heterocycles. The van der Waals surface area contributed by atoms with E-state index < -0.39 is 11.9 Å². The number of nitrogens with zero attached hydrogens (tertiary/aromatic N) is 4. The van der Waals surface area contributed by atoms with Gasteiger partial charge in [0.15, 0.2) is 0 Å². The summed E-state index contributed by atoms with van der Waals surface area (Å²) < 4.78 is 39.4. The maximum Gasteiger partial charge on any atom is 0.433 e. The summed E-state index contributed by atoms with van der Waals surface area (Å²) in [5.74, 6) is -0.0962. The second kappa shape index (κ2) is 7.73. The fourth-order valence-electron chi connectivity index (χ4n) is 3.27. The van der Waals surface area contributed by atoms with Crippen LogP contribution in [0.3, 0.4) is 0 Å². The highest BCUT2D eigenvalue weighted by molar-refractivity contribution is 5.94. The van der Waals surface area contributed by atoms with Crippen LogP contribution in [-0.4, -0.2) is 38.4 Å². The highest BCUT2D eigenvalue weighted by Gasteiger charge is 2.32. The number of hydrogen-bond donors (Lipinski definition) is 0. The zero-order chi connectivity index (χ0) is 20.5. The van der Waals surface area contributed by atoms with E-state index in [1.165, 1.54) is 0 Å². The van der Waals surface area contributed by atoms with E-state index in [2.05, 4.69) is 9.97 Å². The Morgan fingerprint density at radius 2 is 1.86 bits per heavy atom. The molecule has 150 valence electrons. The van der Waals surface area contributed by atoms with Crippen LogP contribution in [0.2, 0.25) is 0 Å². The van der Waals surface area contributed by atoms with E-state index in [4.69, 9.17) is 0 Å². The number of aryl methyl sites for hydroxylation is 1. The molecule has 1 aliphatic heterocycles. The summed E-state index contributed by atoms with van der Waals surface area (Å²) in [5, 5.41) is 0. The van der Waals surface area contributed by atoms with Crippen LogP contribution in [0.25, 0.3) is 0 Å². The Morgan fingerprint density at radius 3 is 2.43 bits per heavy atom. The number of halogens is 3. The number of amides is 1. The SMILES string of the molecule is Cc1ncn(CC2CCN(C(=O)c3ccc(C(F)(F)F)nc3)CC2)c(=O)c1C. The molecule has 1 aliphatic rings. The third kappa shape index (κ3) is 4.23. The molecule has 9 heteroatoms. The number of likely N-dealkylation sites (tertiary alicyclic amines) is 1. The van der Waals surface area contributed by atoms with Gasteiger partial charge in [-0.15, -0.1) is 0 Å². The topological polar surface area (TPSA) is 68.1 Å². The molecule has 2 aromatic rings. The fourth-order valence-corrected chi connectivity index (χ4v) is 3.27. The number of hydrogen-bond acceptors (Lipinski definition) is 4. The first-order chi connectivity index (χ1) is 13.2. The van der Waals surface area contributed by atoms with E-state index in [0.717, 1.165) is 18.3 Å². The van der Waals surface area contributed by atoms with Crippen LogP contribution in [0, 0.1) is 19.8 Å². The van der Waals surface area contributed by atoms with Crippen molar-refractivity contribution in [3.8, 4) is 0 Å². The molecule has 0 aliphatic carbocycles. The second-order valence-corrected chi connectivity index (χ2v) is 7.08. The number of piperidine rings is 1. The second-order valence-electron chi connectivity index (χ2n) is 7.08. The highest BCUT2D eigenvalue weighted by atomic mass is 19.4. The average molecular weight is 394 g/mol. The predicted molar refractivity (Wildman–Crippen MR) is 95.8 cm³/mol. The standard InChI is InChI=1S/C19H21F3N4O2/c1-12-13(2)24-11-26(17(12)27)10-14-5-7-25(8-6-14)18(28)15-3-4-16(23-9-15)19(20,21)22/h3-4,9,11,14H,5-8,10H2,1-2H3. The Labute approximate surface area is 160 Å². The molecule has 0 saturated carbocycles. The van der Waals surface area contributed by atoms with E-state index in [9.17, 15) is 22.8 Å². The van der Waals surface area contributed by atoms with Crippen molar-refractivity contribution in [1.82, 2.24) is 19.4 Å². The molecule has 2 aromatic heterocycles. The molecule has 0 unspecified atom stereocenters. The van der Waals surface area contributed by atoms with Gasteiger partial charge in [0.25, 0.3) is 11.5 Å². The molecule has 0 N–H and O–H groups in total. The van der Waals surface area contributed by atoms with Gasteiger partial charge < -0.3 is 4.90 Å². The van der Waals surface area contributed by atoms with Crippen LogP contribution in [0.4, 0.5) is 13.2 Å². The van der Waals surface area contributed by atoms with Crippen molar-refractivity contribution in [2.45, 2.75) is 39.4 Å². The van der Waals surface area contributed by atoms with Crippen LogP contribution in [0.15, 0.2) is 29.5 Å². The van der Waals surface area contributed by atoms with Gasteiger partial charge >= 0.3 is 6.18 Å². The summed E-state index contributed by atoms with van der Waals surface area (Å²) in [6.07, 6.45) is -0.590. The third-order valence-corrected chi connectivity index (χ3v) is 5.17. The first kappa shape index (κ1) is 20.0. The van der Waals surface area contributed by atoms with Gasteiger partial charge in [-0.2, -0.15) is 13.2 Å². The Hall–Kier alpha value is -2.71. The zero-order valence-electron chi connectivity index (χ0n) is 15.7. The highest BCUT2D eigenvalue weighted by Crippen LogP contribution is 2.27. The van der Waals surface area contributed by atoms with E-state index in [0.29, 0.717) is 43.7 Å². The summed E-state index contributed by atoms with van der Waals surface area (Å²) in [7, 11) is 0. The van der Waals surface area contributed by atoms with E-state index in [-0.39, 0.29) is 22.9 Å². The van der Waals surface area contributed by atoms with Gasteiger partial charge in [0, 0.05) is 37.1 Å². The lowest BCUT2D eigenvalue weighted by molar-refractivity contribution is -0.141. The van der Waals surface area contributed by atoms with E-state index >= 15 is 0 Å². The molecule has 0 bridgehead atoms. The normalized spacial score (nSPS) is 15.7. The average Bonchev–Trinajstić information content (AvgIpc) is 2.68. The number of pyridine rings is 1. The lowest BCUT2D eigenvalue weighted by Gasteiger charge is -2.32. The number of aromatic nitrogens is 3. The van der Waals surface area contributed by atoms with Crippen LogP contribution < -0.4 is 5.56 Å². The van der Waals surface area contributed by atoms with Crippen LogP contribution in [0.5, 0.6) is 0 Å². The van der Waals surface area contributed by atoms with Gasteiger partial charge in [-0.3, -0.25) is 19.1 Å². The number of alkyl halides is 3. The lowest BCUT2D eigenvalue weighted by Crippen LogP contribution is -2.40. The van der Waals surface area contributed by atoms with Crippen LogP contribution >= 0.6 is 0 Å². The van der Waals surface area contributed by atoms with Gasteiger partial charge in [0.1, 0.15) is 5.69 Å². The third-order valence-electron chi connectivity index (χ3n) is 5.17. The summed E-state index contributed by atoms with van der Waals surface area (Å²) in [6, 6.07) is 1.98. The Balaban J connectivity index is 1.60. The van der Waals surface area contributed by atoms with Gasteiger partial charge in [-0.05, 0) is 44.7 Å². The smallest absolute Gasteiger partial charge is 0.339 e. The predicted octanol–water partition coefficient (Wildman–Crippen LogP) is 2.83. The molecule has 6 nitrogen and oxygen atoms in total. The first-order valence-electron chi connectivity index (χ1n) is 9.02. The summed E-state index contributed by atoms with van der Waals surface area (Å²) in [6.45, 7) is 5.05. The van der Waals surface area contributed by atoms with Crippen molar-refractivity contribution in [2.75, 3.05) is 13.1 Å². The maximum absolute atomic E-state index is 12.6. The fraction of sp³-hybridized carbons (Fsp3) is 0.474. The molecule has 0 atom stereocenters. The molecule has 0 spiro atoms. The minimum atomic E-state index is -4.53. The van der Waals surface area contributed by atoms with Crippen molar-refractivity contribution in [2.24, 2.45) is 5.92 Å². The number of carbonyl (C=O) groups is 1. The van der Waals surface area contributed by atoms with E-state index in [1.54, 1.807) is 29.6 Å². The molecule has 1 amide bonds. The van der Waals surface area contributed by atoms with Crippen molar-refractivity contribution in [1.29, 1.82) is 0 Å². The first-order valence-corrected chi connectivity index (χ1v) is 9.02. The lowest BCUT2D eigenvalue weighted by atomic mass is 9.96. The largest absolute Gasteiger partial charge is 0.433 e. The number of rotatable bonds is 3. The molecular weight excluding hydrogens is 373 g/mol.